The summed E-state index contributed by atoms with van der Waals surface area (Å²) in [4.78, 5) is 19.2. The van der Waals surface area contributed by atoms with Gasteiger partial charge in [-0.05, 0) is 43.9 Å². The number of fused-ring (bicyclic) bond motifs is 4. The van der Waals surface area contributed by atoms with E-state index < -0.39 is 10.0 Å². The third-order valence-electron chi connectivity index (χ3n) is 7.19. The lowest BCUT2D eigenvalue weighted by atomic mass is 9.91. The van der Waals surface area contributed by atoms with E-state index in [1.165, 1.54) is 6.26 Å². The number of sulfonamides is 1. The summed E-state index contributed by atoms with van der Waals surface area (Å²) >= 11 is 6.35. The van der Waals surface area contributed by atoms with Gasteiger partial charge in [0.25, 0.3) is 0 Å². The van der Waals surface area contributed by atoms with Crippen molar-refractivity contribution >= 4 is 43.9 Å². The van der Waals surface area contributed by atoms with Crippen molar-refractivity contribution in [2.45, 2.75) is 57.3 Å². The molecule has 6 rings (SSSR count). The molecule has 33 heavy (non-hydrogen) atoms. The molecule has 0 radical (unpaired) electrons. The molecule has 0 spiro atoms. The highest BCUT2D eigenvalue weighted by Crippen LogP contribution is 2.42. The molecule has 10 heteroatoms. The van der Waals surface area contributed by atoms with Gasteiger partial charge in [-0.2, -0.15) is 4.31 Å². The molecule has 172 valence electrons. The minimum absolute atomic E-state index is 0.00715. The van der Waals surface area contributed by atoms with Gasteiger partial charge in [0.15, 0.2) is 0 Å². The molecule has 8 nitrogen and oxygen atoms in total. The molecule has 3 aliphatic rings. The van der Waals surface area contributed by atoms with Gasteiger partial charge in [0, 0.05) is 48.2 Å². The molecule has 0 aromatic carbocycles. The molecule has 2 bridgehead atoms. The average molecular weight is 485 g/mol. The Balaban J connectivity index is 1.41. The Hall–Kier alpha value is -2.49. The highest BCUT2D eigenvalue weighted by molar-refractivity contribution is 7.88. The van der Waals surface area contributed by atoms with E-state index in [2.05, 4.69) is 32.9 Å². The minimum Gasteiger partial charge on any atom is -0.363 e. The van der Waals surface area contributed by atoms with Crippen molar-refractivity contribution in [3.8, 4) is 0 Å². The smallest absolute Gasteiger partial charge is 0.212 e. The van der Waals surface area contributed by atoms with Crippen LogP contribution in [0.1, 0.15) is 43.1 Å². The standard InChI is InChI=1S/C23H25ClN6O2S/c1-13-7-19-18(11-29(13)20-10-21(24)28-23-17(20)5-6-25-23)22(27-12-26-19)14-8-15-3-4-16(9-14)30(15)33(2,31)32/h5-6,8,10,12-13,15-16H,3-4,7,9,11H2,1-2H3,(H,25,28)/t13-,15+,16-/m1/s1. The van der Waals surface area contributed by atoms with E-state index >= 15 is 0 Å². The average Bonchev–Trinajstić information content (AvgIpc) is 3.34. The molecule has 0 unspecified atom stereocenters. The monoisotopic (exact) mass is 484 g/mol. The van der Waals surface area contributed by atoms with Crippen LogP contribution in [0.2, 0.25) is 5.15 Å². The molecule has 3 aromatic rings. The quantitative estimate of drug-likeness (QED) is 0.571. The van der Waals surface area contributed by atoms with Crippen LogP contribution in [0.15, 0.2) is 30.7 Å². The van der Waals surface area contributed by atoms with Crippen LogP contribution in [-0.4, -0.2) is 57.0 Å². The topological polar surface area (TPSA) is 95.1 Å². The van der Waals surface area contributed by atoms with Gasteiger partial charge in [0.05, 0.1) is 23.3 Å². The Morgan fingerprint density at radius 1 is 1.21 bits per heavy atom. The lowest BCUT2D eigenvalue weighted by molar-refractivity contribution is 0.348. The van der Waals surface area contributed by atoms with Crippen LogP contribution in [0, 0.1) is 0 Å². The highest BCUT2D eigenvalue weighted by Gasteiger charge is 2.43. The molecule has 1 fully saturated rings. The molecule has 1 N–H and O–H groups in total. The van der Waals surface area contributed by atoms with Gasteiger partial charge >= 0.3 is 0 Å². The lowest BCUT2D eigenvalue weighted by Crippen LogP contribution is -2.43. The number of hydrogen-bond acceptors (Lipinski definition) is 6. The number of nitrogens with one attached hydrogen (secondary N) is 1. The summed E-state index contributed by atoms with van der Waals surface area (Å²) in [6.45, 7) is 2.86. The van der Waals surface area contributed by atoms with Crippen molar-refractivity contribution < 1.29 is 8.42 Å². The largest absolute Gasteiger partial charge is 0.363 e. The predicted octanol–water partition coefficient (Wildman–Crippen LogP) is 3.54. The van der Waals surface area contributed by atoms with Gasteiger partial charge in [0.1, 0.15) is 17.1 Å². The Labute approximate surface area is 197 Å². The fourth-order valence-corrected chi connectivity index (χ4v) is 7.38. The first-order chi connectivity index (χ1) is 15.8. The first-order valence-electron chi connectivity index (χ1n) is 11.2. The number of nitrogens with zero attached hydrogens (tertiary/aromatic N) is 5. The summed E-state index contributed by atoms with van der Waals surface area (Å²) in [5, 5.41) is 1.49. The van der Waals surface area contributed by atoms with Crippen molar-refractivity contribution in [3.63, 3.8) is 0 Å². The van der Waals surface area contributed by atoms with Crippen LogP contribution in [0.4, 0.5) is 5.69 Å². The van der Waals surface area contributed by atoms with Crippen molar-refractivity contribution in [1.29, 1.82) is 0 Å². The number of aromatic nitrogens is 4. The number of anilines is 1. The Kier molecular flexibility index (Phi) is 4.80. The maximum Gasteiger partial charge on any atom is 0.212 e. The first kappa shape index (κ1) is 21.1. The number of H-pyrrole nitrogens is 1. The summed E-state index contributed by atoms with van der Waals surface area (Å²) in [6, 6.07) is 4.10. The van der Waals surface area contributed by atoms with Crippen molar-refractivity contribution in [2.24, 2.45) is 0 Å². The zero-order chi connectivity index (χ0) is 22.9. The van der Waals surface area contributed by atoms with Crippen molar-refractivity contribution in [2.75, 3.05) is 11.2 Å². The van der Waals surface area contributed by atoms with E-state index in [1.807, 2.05) is 18.3 Å². The van der Waals surface area contributed by atoms with Crippen LogP contribution < -0.4 is 4.90 Å². The molecular formula is C23H25ClN6O2S. The summed E-state index contributed by atoms with van der Waals surface area (Å²) < 4.78 is 26.3. The zero-order valence-corrected chi connectivity index (χ0v) is 20.1. The van der Waals surface area contributed by atoms with Crippen LogP contribution >= 0.6 is 11.6 Å². The second-order valence-electron chi connectivity index (χ2n) is 9.32. The zero-order valence-electron chi connectivity index (χ0n) is 18.5. The van der Waals surface area contributed by atoms with Gasteiger partial charge in [0.2, 0.25) is 10.0 Å². The van der Waals surface area contributed by atoms with E-state index in [0.717, 1.165) is 58.5 Å². The first-order valence-corrected chi connectivity index (χ1v) is 13.4. The number of aromatic amines is 1. The van der Waals surface area contributed by atoms with Gasteiger partial charge < -0.3 is 9.88 Å². The highest BCUT2D eigenvalue weighted by atomic mass is 35.5. The normalized spacial score (nSPS) is 25.4. The summed E-state index contributed by atoms with van der Waals surface area (Å²) in [6.07, 6.45) is 10.2. The van der Waals surface area contributed by atoms with Gasteiger partial charge in [-0.3, -0.25) is 0 Å². The molecule has 3 aliphatic heterocycles. The van der Waals surface area contributed by atoms with Crippen LogP contribution in [0.3, 0.4) is 0 Å². The second kappa shape index (κ2) is 7.51. The third-order valence-corrected chi connectivity index (χ3v) is 8.72. The summed E-state index contributed by atoms with van der Waals surface area (Å²) in [7, 11) is -3.23. The number of hydrogen-bond donors (Lipinski definition) is 1. The maximum absolute atomic E-state index is 12.3. The summed E-state index contributed by atoms with van der Waals surface area (Å²) in [5.41, 5.74) is 6.08. The molecular weight excluding hydrogens is 460 g/mol. The van der Waals surface area contributed by atoms with E-state index in [4.69, 9.17) is 16.6 Å². The Morgan fingerprint density at radius 2 is 2.06 bits per heavy atom. The number of halogens is 1. The maximum atomic E-state index is 12.3. The molecule has 3 atom stereocenters. The van der Waals surface area contributed by atoms with Gasteiger partial charge in [-0.15, -0.1) is 0 Å². The number of rotatable bonds is 3. The third kappa shape index (κ3) is 3.45. The van der Waals surface area contributed by atoms with Crippen molar-refractivity contribution in [3.05, 3.63) is 52.8 Å². The lowest BCUT2D eigenvalue weighted by Gasteiger charge is -2.38. The fraction of sp³-hybridized carbons (Fsp3) is 0.435. The molecule has 0 saturated carbocycles. The van der Waals surface area contributed by atoms with E-state index in [0.29, 0.717) is 18.1 Å². The van der Waals surface area contributed by atoms with E-state index in [9.17, 15) is 8.42 Å². The molecule has 6 heterocycles. The fourth-order valence-electron chi connectivity index (χ4n) is 5.82. The Morgan fingerprint density at radius 3 is 2.85 bits per heavy atom. The van der Waals surface area contributed by atoms with Crippen LogP contribution in [-0.2, 0) is 23.0 Å². The Bertz CT molecular complexity index is 1400. The van der Waals surface area contributed by atoms with E-state index in [1.54, 1.807) is 10.6 Å². The molecule has 0 amide bonds. The predicted molar refractivity (Wildman–Crippen MR) is 129 cm³/mol. The van der Waals surface area contributed by atoms with Gasteiger partial charge in [-0.1, -0.05) is 17.7 Å². The second-order valence-corrected chi connectivity index (χ2v) is 11.6. The van der Waals surface area contributed by atoms with Gasteiger partial charge in [-0.25, -0.2) is 23.4 Å². The van der Waals surface area contributed by atoms with E-state index in [-0.39, 0.29) is 18.1 Å². The summed E-state index contributed by atoms with van der Waals surface area (Å²) in [5.74, 6) is 0. The SMILES string of the molecule is C[C@@H]1Cc2ncnc(C3=C[C@@H]4CC[C@H](C3)N4S(C)(=O)=O)c2CN1c1cc(Cl)nc2[nH]ccc12. The van der Waals surface area contributed by atoms with Crippen LogP contribution in [0.25, 0.3) is 16.6 Å². The van der Waals surface area contributed by atoms with Crippen LogP contribution in [0.5, 0.6) is 0 Å². The minimum atomic E-state index is -3.23. The van der Waals surface area contributed by atoms with Crippen molar-refractivity contribution in [1.82, 2.24) is 24.2 Å². The number of pyridine rings is 1. The molecule has 3 aromatic heterocycles. The molecule has 0 aliphatic carbocycles. The molecule has 1 saturated heterocycles.